The zero-order chi connectivity index (χ0) is 18.0. The molecule has 1 atom stereocenters. The number of anilines is 1. The number of likely N-dealkylation sites (tertiary alicyclic amines) is 1. The van der Waals surface area contributed by atoms with Crippen LogP contribution in [0.25, 0.3) is 0 Å². The fourth-order valence-corrected chi connectivity index (χ4v) is 3.18. The van der Waals surface area contributed by atoms with Gasteiger partial charge in [-0.15, -0.1) is 0 Å². The number of hydrogen-bond donors (Lipinski definition) is 2. The Balaban J connectivity index is 1.56. The van der Waals surface area contributed by atoms with Gasteiger partial charge in [-0.2, -0.15) is 0 Å². The maximum atomic E-state index is 12.5. The molecule has 2 N–H and O–H groups in total. The average Bonchev–Trinajstić information content (AvgIpc) is 3.15. The predicted octanol–water partition coefficient (Wildman–Crippen LogP) is 0.340. The maximum absolute atomic E-state index is 12.5. The fraction of sp³-hybridized carbons (Fsp3) is 0.412. The molecule has 1 unspecified atom stereocenters. The summed E-state index contributed by atoms with van der Waals surface area (Å²) in [5, 5.41) is 5.18. The first kappa shape index (κ1) is 16.9. The number of rotatable bonds is 4. The number of nitrogens with one attached hydrogen (secondary N) is 2. The van der Waals surface area contributed by atoms with Gasteiger partial charge in [0.1, 0.15) is 0 Å². The highest BCUT2D eigenvalue weighted by molar-refractivity contribution is 6.02. The van der Waals surface area contributed by atoms with Crippen LogP contribution in [0.15, 0.2) is 24.3 Å². The molecule has 2 aliphatic rings. The van der Waals surface area contributed by atoms with Gasteiger partial charge in [-0.05, 0) is 24.1 Å². The molecule has 0 bridgehead atoms. The van der Waals surface area contributed by atoms with Crippen LogP contribution in [0.1, 0.15) is 18.9 Å². The predicted molar refractivity (Wildman–Crippen MR) is 89.7 cm³/mol. The summed E-state index contributed by atoms with van der Waals surface area (Å²) in [6.45, 7) is 2.38. The molecule has 1 aromatic carbocycles. The lowest BCUT2D eigenvalue weighted by molar-refractivity contribution is -0.131. The Kier molecular flexibility index (Phi) is 4.69. The summed E-state index contributed by atoms with van der Waals surface area (Å²) in [4.78, 5) is 49.8. The van der Waals surface area contributed by atoms with Gasteiger partial charge in [0.2, 0.25) is 17.7 Å². The maximum Gasteiger partial charge on any atom is 0.324 e. The lowest BCUT2D eigenvalue weighted by atomic mass is 10.1. The minimum Gasteiger partial charge on any atom is -0.340 e. The van der Waals surface area contributed by atoms with Crippen LogP contribution in [0.5, 0.6) is 0 Å². The molecule has 0 aromatic heterocycles. The van der Waals surface area contributed by atoms with E-state index in [9.17, 15) is 19.2 Å². The number of nitrogens with zero attached hydrogens (tertiary/aromatic N) is 2. The van der Waals surface area contributed by atoms with Crippen LogP contribution in [0.2, 0.25) is 0 Å². The lowest BCUT2D eigenvalue weighted by Crippen LogP contribution is -2.43. The fourth-order valence-electron chi connectivity index (χ4n) is 3.18. The van der Waals surface area contributed by atoms with E-state index in [1.54, 1.807) is 29.2 Å². The van der Waals surface area contributed by atoms with E-state index in [2.05, 4.69) is 10.6 Å². The normalized spacial score (nSPS) is 20.0. The van der Waals surface area contributed by atoms with E-state index in [-0.39, 0.29) is 42.8 Å². The molecule has 5 amide bonds. The molecule has 8 nitrogen and oxygen atoms in total. The first-order valence-corrected chi connectivity index (χ1v) is 8.18. The van der Waals surface area contributed by atoms with Crippen molar-refractivity contribution in [1.29, 1.82) is 0 Å². The Morgan fingerprint density at radius 3 is 2.56 bits per heavy atom. The molecule has 2 aliphatic heterocycles. The summed E-state index contributed by atoms with van der Waals surface area (Å²) in [5.41, 5.74) is 1.53. The van der Waals surface area contributed by atoms with Crippen molar-refractivity contribution < 1.29 is 19.2 Å². The van der Waals surface area contributed by atoms with Crippen LogP contribution in [0.4, 0.5) is 10.5 Å². The van der Waals surface area contributed by atoms with Crippen LogP contribution in [-0.2, 0) is 20.8 Å². The van der Waals surface area contributed by atoms with E-state index in [1.165, 1.54) is 11.8 Å². The van der Waals surface area contributed by atoms with Gasteiger partial charge in [0.15, 0.2) is 0 Å². The quantitative estimate of drug-likeness (QED) is 0.770. The summed E-state index contributed by atoms with van der Waals surface area (Å²) in [7, 11) is 0. The summed E-state index contributed by atoms with van der Waals surface area (Å²) < 4.78 is 0. The molecule has 2 saturated heterocycles. The Morgan fingerprint density at radius 2 is 1.96 bits per heavy atom. The SMILES string of the molecule is CC(=O)Nc1ccc(CC(=O)N2CCC(N3C(=O)CNC3=O)C2)cc1. The number of hydrogen-bond acceptors (Lipinski definition) is 4. The molecule has 0 spiro atoms. The third kappa shape index (κ3) is 3.78. The van der Waals surface area contributed by atoms with Crippen molar-refractivity contribution in [3.8, 4) is 0 Å². The van der Waals surface area contributed by atoms with Crippen molar-refractivity contribution in [1.82, 2.24) is 15.1 Å². The van der Waals surface area contributed by atoms with Crippen LogP contribution in [-0.4, -0.2) is 59.2 Å². The van der Waals surface area contributed by atoms with Crippen molar-refractivity contribution in [3.63, 3.8) is 0 Å². The Bertz CT molecular complexity index is 700. The zero-order valence-corrected chi connectivity index (χ0v) is 13.9. The Hall–Kier alpha value is -2.90. The molecular formula is C17H20N4O4. The van der Waals surface area contributed by atoms with Crippen LogP contribution in [0, 0.1) is 0 Å². The standard InChI is InChI=1S/C17H20N4O4/c1-11(22)19-13-4-2-12(3-5-13)8-15(23)20-7-6-14(10-20)21-16(24)9-18-17(21)25/h2-5,14H,6-10H2,1H3,(H,18,25)(H,19,22). The van der Waals surface area contributed by atoms with Gasteiger partial charge >= 0.3 is 6.03 Å². The van der Waals surface area contributed by atoms with Gasteiger partial charge in [-0.1, -0.05) is 12.1 Å². The molecule has 0 radical (unpaired) electrons. The molecule has 3 rings (SSSR count). The molecule has 8 heteroatoms. The Morgan fingerprint density at radius 1 is 1.24 bits per heavy atom. The molecule has 132 valence electrons. The van der Waals surface area contributed by atoms with Crippen molar-refractivity contribution in [2.75, 3.05) is 25.0 Å². The van der Waals surface area contributed by atoms with Gasteiger partial charge in [-0.3, -0.25) is 19.3 Å². The number of urea groups is 1. The van der Waals surface area contributed by atoms with Gasteiger partial charge < -0.3 is 15.5 Å². The van der Waals surface area contributed by atoms with Gasteiger partial charge in [0.25, 0.3) is 0 Å². The van der Waals surface area contributed by atoms with E-state index in [0.29, 0.717) is 25.2 Å². The molecule has 0 aliphatic carbocycles. The molecule has 25 heavy (non-hydrogen) atoms. The molecule has 2 fully saturated rings. The average molecular weight is 344 g/mol. The first-order valence-electron chi connectivity index (χ1n) is 8.18. The van der Waals surface area contributed by atoms with E-state index >= 15 is 0 Å². The third-order valence-corrected chi connectivity index (χ3v) is 4.39. The Labute approximate surface area is 145 Å². The van der Waals surface area contributed by atoms with Gasteiger partial charge in [0.05, 0.1) is 19.0 Å². The van der Waals surface area contributed by atoms with Crippen molar-refractivity contribution >= 4 is 29.4 Å². The molecular weight excluding hydrogens is 324 g/mol. The monoisotopic (exact) mass is 344 g/mol. The summed E-state index contributed by atoms with van der Waals surface area (Å²) >= 11 is 0. The number of imide groups is 1. The highest BCUT2D eigenvalue weighted by Gasteiger charge is 2.39. The van der Waals surface area contributed by atoms with Crippen LogP contribution >= 0.6 is 0 Å². The second-order valence-electron chi connectivity index (χ2n) is 6.26. The van der Waals surface area contributed by atoms with E-state index in [4.69, 9.17) is 0 Å². The minimum atomic E-state index is -0.377. The second kappa shape index (κ2) is 6.92. The van der Waals surface area contributed by atoms with Crippen LogP contribution in [0.3, 0.4) is 0 Å². The molecule has 1 aromatic rings. The smallest absolute Gasteiger partial charge is 0.324 e. The summed E-state index contributed by atoms with van der Waals surface area (Å²) in [6.07, 6.45) is 0.847. The largest absolute Gasteiger partial charge is 0.340 e. The van der Waals surface area contributed by atoms with E-state index < -0.39 is 0 Å². The second-order valence-corrected chi connectivity index (χ2v) is 6.26. The van der Waals surface area contributed by atoms with Gasteiger partial charge in [-0.25, -0.2) is 4.79 Å². The van der Waals surface area contributed by atoms with Crippen LogP contribution < -0.4 is 10.6 Å². The summed E-state index contributed by atoms with van der Waals surface area (Å²) in [6, 6.07) is 6.48. The lowest BCUT2D eigenvalue weighted by Gasteiger charge is -2.21. The first-order chi connectivity index (χ1) is 11.9. The topological polar surface area (TPSA) is 98.8 Å². The minimum absolute atomic E-state index is 0.0317. The third-order valence-electron chi connectivity index (χ3n) is 4.39. The van der Waals surface area contributed by atoms with E-state index in [0.717, 1.165) is 5.56 Å². The highest BCUT2D eigenvalue weighted by Crippen LogP contribution is 2.19. The van der Waals surface area contributed by atoms with E-state index in [1.807, 2.05) is 0 Å². The summed E-state index contributed by atoms with van der Waals surface area (Å²) in [5.74, 6) is -0.424. The zero-order valence-electron chi connectivity index (χ0n) is 13.9. The van der Waals surface area contributed by atoms with Crippen molar-refractivity contribution in [3.05, 3.63) is 29.8 Å². The van der Waals surface area contributed by atoms with Gasteiger partial charge in [0, 0.05) is 25.7 Å². The van der Waals surface area contributed by atoms with Crippen molar-refractivity contribution in [2.24, 2.45) is 0 Å². The number of amides is 5. The number of carbonyl (C=O) groups is 4. The highest BCUT2D eigenvalue weighted by atomic mass is 16.2. The molecule has 2 heterocycles. The molecule has 0 saturated carbocycles. The number of carbonyl (C=O) groups excluding carboxylic acids is 4. The van der Waals surface area contributed by atoms with Crippen molar-refractivity contribution in [2.45, 2.75) is 25.8 Å². The number of benzene rings is 1.